The summed E-state index contributed by atoms with van der Waals surface area (Å²) in [4.78, 5) is 11.8. The van der Waals surface area contributed by atoms with Crippen LogP contribution in [-0.4, -0.2) is 21.4 Å². The van der Waals surface area contributed by atoms with E-state index in [9.17, 15) is 13.2 Å². The van der Waals surface area contributed by atoms with Gasteiger partial charge in [0.05, 0.1) is 4.90 Å². The Morgan fingerprint density at radius 2 is 2.00 bits per heavy atom. The lowest BCUT2D eigenvalue weighted by atomic mass is 10.2. The molecule has 1 aliphatic rings. The van der Waals surface area contributed by atoms with Crippen LogP contribution in [0.4, 0.5) is 5.69 Å². The molecule has 6 heteroatoms. The SMILES string of the molecule is CNS(=O)(=O)c1ccc(C)c(NC(=O)C2CC2)c1. The van der Waals surface area contributed by atoms with Crippen molar-refractivity contribution in [1.29, 1.82) is 0 Å². The van der Waals surface area contributed by atoms with Crippen LogP contribution in [0.1, 0.15) is 18.4 Å². The van der Waals surface area contributed by atoms with Gasteiger partial charge in [0.2, 0.25) is 15.9 Å². The van der Waals surface area contributed by atoms with Crippen molar-refractivity contribution in [2.75, 3.05) is 12.4 Å². The first kappa shape index (κ1) is 13.0. The molecule has 5 nitrogen and oxygen atoms in total. The van der Waals surface area contributed by atoms with Crippen LogP contribution >= 0.6 is 0 Å². The number of sulfonamides is 1. The molecule has 0 heterocycles. The number of benzene rings is 1. The summed E-state index contributed by atoms with van der Waals surface area (Å²) >= 11 is 0. The Morgan fingerprint density at radius 3 is 2.56 bits per heavy atom. The summed E-state index contributed by atoms with van der Waals surface area (Å²) in [6.45, 7) is 1.83. The number of rotatable bonds is 4. The number of nitrogens with one attached hydrogen (secondary N) is 2. The highest BCUT2D eigenvalue weighted by Gasteiger charge is 2.30. The molecule has 1 aromatic carbocycles. The molecular formula is C12H16N2O3S. The standard InChI is InChI=1S/C12H16N2O3S/c1-8-3-6-10(18(16,17)13-2)7-11(8)14-12(15)9-4-5-9/h3,6-7,9,13H,4-5H2,1-2H3,(H,14,15). The van der Waals surface area contributed by atoms with E-state index in [1.165, 1.54) is 19.2 Å². The van der Waals surface area contributed by atoms with Gasteiger partial charge in [0, 0.05) is 11.6 Å². The second-order valence-corrected chi connectivity index (χ2v) is 6.33. The average Bonchev–Trinajstić information content (AvgIpc) is 3.15. The summed E-state index contributed by atoms with van der Waals surface area (Å²) in [5.74, 6) is 0.0612. The fourth-order valence-electron chi connectivity index (χ4n) is 1.60. The van der Waals surface area contributed by atoms with Crippen LogP contribution in [0.2, 0.25) is 0 Å². The second kappa shape index (κ2) is 4.70. The highest BCUT2D eigenvalue weighted by Crippen LogP contribution is 2.31. The van der Waals surface area contributed by atoms with Crippen molar-refractivity contribution >= 4 is 21.6 Å². The van der Waals surface area contributed by atoms with Crippen molar-refractivity contribution in [3.8, 4) is 0 Å². The minimum Gasteiger partial charge on any atom is -0.326 e. The zero-order valence-corrected chi connectivity index (χ0v) is 11.2. The Bertz CT molecular complexity index is 577. The maximum atomic E-state index is 11.7. The summed E-state index contributed by atoms with van der Waals surface area (Å²) in [6, 6.07) is 4.70. The molecule has 1 amide bonds. The van der Waals surface area contributed by atoms with Gasteiger partial charge in [-0.2, -0.15) is 0 Å². The molecular weight excluding hydrogens is 252 g/mol. The zero-order valence-electron chi connectivity index (χ0n) is 10.4. The summed E-state index contributed by atoms with van der Waals surface area (Å²) < 4.78 is 25.6. The Hall–Kier alpha value is -1.40. The minimum absolute atomic E-state index is 0.0305. The van der Waals surface area contributed by atoms with Crippen LogP contribution in [0.25, 0.3) is 0 Å². The van der Waals surface area contributed by atoms with Gasteiger partial charge in [-0.1, -0.05) is 6.07 Å². The van der Waals surface area contributed by atoms with E-state index in [2.05, 4.69) is 10.0 Å². The maximum Gasteiger partial charge on any atom is 0.240 e. The van der Waals surface area contributed by atoms with Crippen molar-refractivity contribution in [2.24, 2.45) is 5.92 Å². The summed E-state index contributed by atoms with van der Waals surface area (Å²) in [7, 11) is -2.12. The molecule has 0 bridgehead atoms. The average molecular weight is 268 g/mol. The number of carbonyl (C=O) groups excluding carboxylic acids is 1. The zero-order chi connectivity index (χ0) is 13.3. The van der Waals surface area contributed by atoms with Gasteiger partial charge in [-0.3, -0.25) is 4.79 Å². The molecule has 1 aliphatic carbocycles. The van der Waals surface area contributed by atoms with Gasteiger partial charge < -0.3 is 5.32 Å². The fraction of sp³-hybridized carbons (Fsp3) is 0.417. The lowest BCUT2D eigenvalue weighted by molar-refractivity contribution is -0.117. The second-order valence-electron chi connectivity index (χ2n) is 4.45. The van der Waals surface area contributed by atoms with Gasteiger partial charge in [0.25, 0.3) is 0 Å². The van der Waals surface area contributed by atoms with E-state index in [-0.39, 0.29) is 16.7 Å². The number of carbonyl (C=O) groups is 1. The molecule has 98 valence electrons. The predicted molar refractivity (Wildman–Crippen MR) is 68.8 cm³/mol. The lowest BCUT2D eigenvalue weighted by Crippen LogP contribution is -2.19. The molecule has 2 rings (SSSR count). The number of amides is 1. The topological polar surface area (TPSA) is 75.3 Å². The lowest BCUT2D eigenvalue weighted by Gasteiger charge is -2.10. The van der Waals surface area contributed by atoms with E-state index in [4.69, 9.17) is 0 Å². The van der Waals surface area contributed by atoms with Gasteiger partial charge in [0.1, 0.15) is 0 Å². The number of aryl methyl sites for hydroxylation is 1. The number of anilines is 1. The molecule has 0 unspecified atom stereocenters. The number of hydrogen-bond acceptors (Lipinski definition) is 3. The Morgan fingerprint density at radius 1 is 1.33 bits per heavy atom. The first-order valence-corrected chi connectivity index (χ1v) is 7.27. The highest BCUT2D eigenvalue weighted by atomic mass is 32.2. The van der Waals surface area contributed by atoms with Crippen molar-refractivity contribution < 1.29 is 13.2 Å². The number of hydrogen-bond donors (Lipinski definition) is 2. The van der Waals surface area contributed by atoms with Crippen molar-refractivity contribution in [2.45, 2.75) is 24.7 Å². The molecule has 2 N–H and O–H groups in total. The summed E-state index contributed by atoms with van der Waals surface area (Å²) in [6.07, 6.45) is 1.83. The van der Waals surface area contributed by atoms with Crippen LogP contribution < -0.4 is 10.0 Å². The Balaban J connectivity index is 2.29. The third-order valence-corrected chi connectivity index (χ3v) is 4.41. The maximum absolute atomic E-state index is 11.7. The van der Waals surface area contributed by atoms with Gasteiger partial charge in [-0.05, 0) is 44.5 Å². The summed E-state index contributed by atoms with van der Waals surface area (Å²) in [5.41, 5.74) is 1.40. The Labute approximate surface area is 107 Å². The smallest absolute Gasteiger partial charge is 0.240 e. The molecule has 1 saturated carbocycles. The van der Waals surface area contributed by atoms with Crippen LogP contribution in [0, 0.1) is 12.8 Å². The van der Waals surface area contributed by atoms with Gasteiger partial charge >= 0.3 is 0 Å². The monoisotopic (exact) mass is 268 g/mol. The van der Waals surface area contributed by atoms with Crippen molar-refractivity contribution in [1.82, 2.24) is 4.72 Å². The van der Waals surface area contributed by atoms with Crippen LogP contribution in [-0.2, 0) is 14.8 Å². The van der Waals surface area contributed by atoms with E-state index >= 15 is 0 Å². The third-order valence-electron chi connectivity index (χ3n) is 2.99. The molecule has 0 atom stereocenters. The van der Waals surface area contributed by atoms with E-state index in [0.29, 0.717) is 5.69 Å². The molecule has 0 saturated heterocycles. The summed E-state index contributed by atoms with van der Waals surface area (Å²) in [5, 5.41) is 2.78. The molecule has 1 fully saturated rings. The van der Waals surface area contributed by atoms with E-state index in [1.807, 2.05) is 6.92 Å². The molecule has 0 aliphatic heterocycles. The molecule has 0 radical (unpaired) electrons. The Kier molecular flexibility index (Phi) is 3.41. The van der Waals surface area contributed by atoms with Gasteiger partial charge in [-0.25, -0.2) is 13.1 Å². The van der Waals surface area contributed by atoms with Crippen molar-refractivity contribution in [3.05, 3.63) is 23.8 Å². The highest BCUT2D eigenvalue weighted by molar-refractivity contribution is 7.89. The van der Waals surface area contributed by atoms with E-state index in [1.54, 1.807) is 6.07 Å². The van der Waals surface area contributed by atoms with Crippen LogP contribution in [0.15, 0.2) is 23.1 Å². The molecule has 0 aromatic heterocycles. The van der Waals surface area contributed by atoms with Crippen LogP contribution in [0.3, 0.4) is 0 Å². The van der Waals surface area contributed by atoms with Gasteiger partial charge in [-0.15, -0.1) is 0 Å². The fourth-order valence-corrected chi connectivity index (χ4v) is 2.36. The minimum atomic E-state index is -3.48. The van der Waals surface area contributed by atoms with Gasteiger partial charge in [0.15, 0.2) is 0 Å². The van der Waals surface area contributed by atoms with E-state index < -0.39 is 10.0 Å². The normalized spacial score (nSPS) is 15.4. The first-order valence-electron chi connectivity index (χ1n) is 5.79. The van der Waals surface area contributed by atoms with Crippen LogP contribution in [0.5, 0.6) is 0 Å². The van der Waals surface area contributed by atoms with Crippen molar-refractivity contribution in [3.63, 3.8) is 0 Å². The first-order chi connectivity index (χ1) is 8.44. The molecule has 18 heavy (non-hydrogen) atoms. The molecule has 0 spiro atoms. The molecule has 1 aromatic rings. The quantitative estimate of drug-likeness (QED) is 0.863. The third kappa shape index (κ3) is 2.70. The van der Waals surface area contributed by atoms with E-state index in [0.717, 1.165) is 18.4 Å². The largest absolute Gasteiger partial charge is 0.326 e. The predicted octanol–water partition coefficient (Wildman–Crippen LogP) is 1.25.